The van der Waals surface area contributed by atoms with Gasteiger partial charge in [-0.15, -0.1) is 10.2 Å². The molecular formula is C17H24N4O3S. The number of anilines is 1. The van der Waals surface area contributed by atoms with Crippen LogP contribution in [0.25, 0.3) is 0 Å². The van der Waals surface area contributed by atoms with Crippen LogP contribution in [0.15, 0.2) is 23.4 Å². The topological polar surface area (TPSA) is 78.3 Å². The predicted molar refractivity (Wildman–Crippen MR) is 98.7 cm³/mol. The van der Waals surface area contributed by atoms with E-state index in [1.165, 1.54) is 11.8 Å². The standard InChI is InChI=1S/C17H24N4O3S/c1-6-21-16(11(2)3)19-20-17(21)25-10-15(22)18-13-8-7-12(23-4)9-14(13)24-5/h7-9,11H,6,10H2,1-5H3,(H,18,22). The zero-order valence-corrected chi connectivity index (χ0v) is 16.0. The van der Waals surface area contributed by atoms with Crippen molar-refractivity contribution < 1.29 is 14.3 Å². The van der Waals surface area contributed by atoms with Gasteiger partial charge in [-0.1, -0.05) is 25.6 Å². The molecule has 0 atom stereocenters. The number of hydrogen-bond donors (Lipinski definition) is 1. The van der Waals surface area contributed by atoms with E-state index in [1.807, 2.05) is 11.5 Å². The highest BCUT2D eigenvalue weighted by Gasteiger charge is 2.16. The van der Waals surface area contributed by atoms with Crippen molar-refractivity contribution in [3.8, 4) is 11.5 Å². The first-order valence-corrected chi connectivity index (χ1v) is 9.06. The van der Waals surface area contributed by atoms with Gasteiger partial charge in [0, 0.05) is 18.5 Å². The minimum Gasteiger partial charge on any atom is -0.497 e. The number of rotatable bonds is 8. The van der Waals surface area contributed by atoms with Gasteiger partial charge in [0.1, 0.15) is 17.3 Å². The molecule has 7 nitrogen and oxygen atoms in total. The SMILES string of the molecule is CCn1c(SCC(=O)Nc2ccc(OC)cc2OC)nnc1C(C)C. The molecule has 2 rings (SSSR count). The lowest BCUT2D eigenvalue weighted by Gasteiger charge is -2.12. The molecule has 0 aliphatic carbocycles. The number of hydrogen-bond acceptors (Lipinski definition) is 6. The Morgan fingerprint density at radius 3 is 2.64 bits per heavy atom. The summed E-state index contributed by atoms with van der Waals surface area (Å²) in [5, 5.41) is 12.0. The molecule has 0 saturated heterocycles. The third kappa shape index (κ3) is 4.66. The van der Waals surface area contributed by atoms with E-state index >= 15 is 0 Å². The number of benzene rings is 1. The molecule has 136 valence electrons. The molecule has 0 radical (unpaired) electrons. The molecule has 8 heteroatoms. The fourth-order valence-corrected chi connectivity index (χ4v) is 3.16. The molecule has 25 heavy (non-hydrogen) atoms. The number of amides is 1. The van der Waals surface area contributed by atoms with Gasteiger partial charge >= 0.3 is 0 Å². The van der Waals surface area contributed by atoms with Crippen molar-refractivity contribution in [2.24, 2.45) is 0 Å². The smallest absolute Gasteiger partial charge is 0.234 e. The first kappa shape index (κ1) is 19.1. The van der Waals surface area contributed by atoms with Crippen LogP contribution < -0.4 is 14.8 Å². The van der Waals surface area contributed by atoms with E-state index in [0.717, 1.165) is 17.5 Å². The number of carbonyl (C=O) groups excluding carboxylic acids is 1. The maximum Gasteiger partial charge on any atom is 0.234 e. The summed E-state index contributed by atoms with van der Waals surface area (Å²) < 4.78 is 12.5. The van der Waals surface area contributed by atoms with E-state index in [0.29, 0.717) is 23.1 Å². The van der Waals surface area contributed by atoms with Crippen molar-refractivity contribution in [2.75, 3.05) is 25.3 Å². The van der Waals surface area contributed by atoms with Crippen LogP contribution in [0.1, 0.15) is 32.5 Å². The Balaban J connectivity index is 2.02. The van der Waals surface area contributed by atoms with Crippen LogP contribution in [0.4, 0.5) is 5.69 Å². The van der Waals surface area contributed by atoms with Gasteiger partial charge in [-0.2, -0.15) is 0 Å². The number of nitrogens with one attached hydrogen (secondary N) is 1. The number of aromatic nitrogens is 3. The van der Waals surface area contributed by atoms with Crippen LogP contribution >= 0.6 is 11.8 Å². The van der Waals surface area contributed by atoms with Gasteiger partial charge in [-0.05, 0) is 19.1 Å². The highest BCUT2D eigenvalue weighted by molar-refractivity contribution is 7.99. The second-order valence-corrected chi connectivity index (χ2v) is 6.59. The molecule has 1 heterocycles. The summed E-state index contributed by atoms with van der Waals surface area (Å²) >= 11 is 1.37. The third-order valence-electron chi connectivity index (χ3n) is 3.59. The van der Waals surface area contributed by atoms with Crippen molar-refractivity contribution in [1.82, 2.24) is 14.8 Å². The molecule has 0 spiro atoms. The third-order valence-corrected chi connectivity index (χ3v) is 4.56. The summed E-state index contributed by atoms with van der Waals surface area (Å²) in [5.41, 5.74) is 0.605. The van der Waals surface area contributed by atoms with E-state index in [2.05, 4.69) is 29.4 Å². The Morgan fingerprint density at radius 2 is 2.04 bits per heavy atom. The Bertz CT molecular complexity index is 731. The minimum atomic E-state index is -0.134. The fourth-order valence-electron chi connectivity index (χ4n) is 2.35. The van der Waals surface area contributed by atoms with Gasteiger partial charge in [0.05, 0.1) is 25.7 Å². The van der Waals surface area contributed by atoms with Crippen molar-refractivity contribution in [2.45, 2.75) is 38.4 Å². The average Bonchev–Trinajstić information content (AvgIpc) is 3.03. The molecule has 0 bridgehead atoms. The molecule has 0 aliphatic rings. The summed E-state index contributed by atoms with van der Waals surface area (Å²) in [4.78, 5) is 12.3. The van der Waals surface area contributed by atoms with Crippen molar-refractivity contribution in [1.29, 1.82) is 0 Å². The van der Waals surface area contributed by atoms with Crippen LogP contribution in [0.2, 0.25) is 0 Å². The van der Waals surface area contributed by atoms with Crippen LogP contribution in [-0.2, 0) is 11.3 Å². The van der Waals surface area contributed by atoms with Gasteiger partial charge in [0.25, 0.3) is 0 Å². The molecular weight excluding hydrogens is 340 g/mol. The average molecular weight is 364 g/mol. The van der Waals surface area contributed by atoms with Gasteiger partial charge in [0.15, 0.2) is 5.16 Å². The largest absolute Gasteiger partial charge is 0.497 e. The molecule has 0 aliphatic heterocycles. The summed E-state index contributed by atoms with van der Waals surface area (Å²) in [6.45, 7) is 6.97. The van der Waals surface area contributed by atoms with E-state index in [4.69, 9.17) is 9.47 Å². The molecule has 0 fully saturated rings. The lowest BCUT2D eigenvalue weighted by molar-refractivity contribution is -0.113. The first-order valence-electron chi connectivity index (χ1n) is 8.07. The van der Waals surface area contributed by atoms with Gasteiger partial charge in [-0.25, -0.2) is 0 Å². The van der Waals surface area contributed by atoms with Gasteiger partial charge in [-0.3, -0.25) is 4.79 Å². The van der Waals surface area contributed by atoms with E-state index < -0.39 is 0 Å². The second kappa shape index (κ2) is 8.75. The number of carbonyl (C=O) groups is 1. The highest BCUT2D eigenvalue weighted by Crippen LogP contribution is 2.29. The van der Waals surface area contributed by atoms with Gasteiger partial charge in [0.2, 0.25) is 5.91 Å². The maximum atomic E-state index is 12.3. The zero-order valence-electron chi connectivity index (χ0n) is 15.2. The second-order valence-electron chi connectivity index (χ2n) is 5.64. The molecule has 0 unspecified atom stereocenters. The quantitative estimate of drug-likeness (QED) is 0.725. The summed E-state index contributed by atoms with van der Waals surface area (Å²) in [6, 6.07) is 5.25. The highest BCUT2D eigenvalue weighted by atomic mass is 32.2. The van der Waals surface area contributed by atoms with E-state index in [-0.39, 0.29) is 11.7 Å². The summed E-state index contributed by atoms with van der Waals surface area (Å²) in [6.07, 6.45) is 0. The predicted octanol–water partition coefficient (Wildman–Crippen LogP) is 3.17. The molecule has 1 amide bonds. The Kier molecular flexibility index (Phi) is 6.69. The molecule has 1 N–H and O–H groups in total. The van der Waals surface area contributed by atoms with Crippen molar-refractivity contribution in [3.05, 3.63) is 24.0 Å². The van der Waals surface area contributed by atoms with Crippen molar-refractivity contribution >= 4 is 23.4 Å². The number of ether oxygens (including phenoxy) is 2. The number of nitrogens with zero attached hydrogens (tertiary/aromatic N) is 3. The minimum absolute atomic E-state index is 0.134. The molecule has 2 aromatic rings. The lowest BCUT2D eigenvalue weighted by Crippen LogP contribution is -2.15. The number of thioether (sulfide) groups is 1. The Hall–Kier alpha value is -2.22. The van der Waals surface area contributed by atoms with Crippen LogP contribution in [0.3, 0.4) is 0 Å². The zero-order chi connectivity index (χ0) is 18.4. The number of methoxy groups -OCH3 is 2. The molecule has 1 aromatic heterocycles. The van der Waals surface area contributed by atoms with E-state index in [9.17, 15) is 4.79 Å². The Labute approximate surface area is 152 Å². The monoisotopic (exact) mass is 364 g/mol. The summed E-state index contributed by atoms with van der Waals surface area (Å²) in [7, 11) is 3.13. The fraction of sp³-hybridized carbons (Fsp3) is 0.471. The summed E-state index contributed by atoms with van der Waals surface area (Å²) in [5.74, 6) is 2.55. The Morgan fingerprint density at radius 1 is 1.28 bits per heavy atom. The first-order chi connectivity index (χ1) is 12.0. The maximum absolute atomic E-state index is 12.3. The normalized spacial score (nSPS) is 10.8. The molecule has 0 saturated carbocycles. The van der Waals surface area contributed by atoms with Gasteiger partial charge < -0.3 is 19.4 Å². The van der Waals surface area contributed by atoms with Crippen LogP contribution in [-0.4, -0.2) is 40.6 Å². The van der Waals surface area contributed by atoms with Crippen LogP contribution in [0, 0.1) is 0 Å². The van der Waals surface area contributed by atoms with E-state index in [1.54, 1.807) is 32.4 Å². The molecule has 1 aromatic carbocycles. The van der Waals surface area contributed by atoms with Crippen molar-refractivity contribution in [3.63, 3.8) is 0 Å². The van der Waals surface area contributed by atoms with Crippen LogP contribution in [0.5, 0.6) is 11.5 Å². The lowest BCUT2D eigenvalue weighted by atomic mass is 10.2.